The van der Waals surface area contributed by atoms with Gasteiger partial charge in [-0.05, 0) is 41.9 Å². The van der Waals surface area contributed by atoms with Crippen LogP contribution in [0.4, 0.5) is 5.69 Å². The van der Waals surface area contributed by atoms with E-state index in [0.29, 0.717) is 12.5 Å². The first-order valence-electron chi connectivity index (χ1n) is 7.87. The van der Waals surface area contributed by atoms with Crippen LogP contribution in [0.25, 0.3) is 0 Å². The second-order valence-corrected chi connectivity index (χ2v) is 7.12. The van der Waals surface area contributed by atoms with Crippen molar-refractivity contribution in [2.45, 2.75) is 53.4 Å². The summed E-state index contributed by atoms with van der Waals surface area (Å²) in [4.78, 5) is 12.3. The van der Waals surface area contributed by atoms with E-state index < -0.39 is 0 Å². The van der Waals surface area contributed by atoms with Gasteiger partial charge in [-0.25, -0.2) is 0 Å². The molecule has 0 aliphatic rings. The molecule has 21 heavy (non-hydrogen) atoms. The number of amides is 1. The number of hydrogen-bond donors (Lipinski definition) is 2. The third kappa shape index (κ3) is 5.88. The molecule has 0 saturated heterocycles. The molecular formula is C18H30N2O. The molecular weight excluding hydrogens is 260 g/mol. The lowest BCUT2D eigenvalue weighted by molar-refractivity contribution is -0.120. The Labute approximate surface area is 129 Å². The molecule has 3 heteroatoms. The molecule has 0 spiro atoms. The highest BCUT2D eigenvalue weighted by atomic mass is 16.1. The summed E-state index contributed by atoms with van der Waals surface area (Å²) < 4.78 is 0. The van der Waals surface area contributed by atoms with Crippen LogP contribution < -0.4 is 11.1 Å². The fourth-order valence-corrected chi connectivity index (χ4v) is 2.40. The van der Waals surface area contributed by atoms with Crippen molar-refractivity contribution in [3.63, 3.8) is 0 Å². The molecule has 0 aliphatic heterocycles. The minimum Gasteiger partial charge on any atom is -0.330 e. The first-order chi connectivity index (χ1) is 9.76. The Morgan fingerprint density at radius 1 is 1.24 bits per heavy atom. The molecule has 0 fully saturated rings. The number of carbonyl (C=O) groups excluding carboxylic acids is 1. The van der Waals surface area contributed by atoms with Crippen molar-refractivity contribution in [3.8, 4) is 0 Å². The highest BCUT2D eigenvalue weighted by Gasteiger charge is 2.23. The van der Waals surface area contributed by atoms with Crippen LogP contribution in [0.1, 0.15) is 58.9 Å². The van der Waals surface area contributed by atoms with E-state index >= 15 is 0 Å². The molecule has 0 heterocycles. The zero-order valence-corrected chi connectivity index (χ0v) is 14.1. The topological polar surface area (TPSA) is 55.1 Å². The molecule has 118 valence electrons. The van der Waals surface area contributed by atoms with Crippen molar-refractivity contribution >= 4 is 11.6 Å². The average molecular weight is 290 g/mol. The molecule has 0 bridgehead atoms. The highest BCUT2D eigenvalue weighted by Crippen LogP contribution is 2.25. The van der Waals surface area contributed by atoms with Crippen LogP contribution in [0.3, 0.4) is 0 Å². The number of hydrogen-bond acceptors (Lipinski definition) is 2. The summed E-state index contributed by atoms with van der Waals surface area (Å²) in [6, 6.07) is 8.13. The Hall–Kier alpha value is -1.35. The number of rotatable bonds is 6. The number of anilines is 1. The molecule has 0 aromatic heterocycles. The SMILES string of the molecule is CCC(C)c1ccc(NC(=O)C(CN)CC(C)(C)C)cc1. The Morgan fingerprint density at radius 3 is 2.24 bits per heavy atom. The molecule has 1 amide bonds. The van der Waals surface area contributed by atoms with Crippen molar-refractivity contribution in [2.75, 3.05) is 11.9 Å². The maximum atomic E-state index is 12.3. The van der Waals surface area contributed by atoms with E-state index in [4.69, 9.17) is 5.73 Å². The molecule has 2 unspecified atom stereocenters. The van der Waals surface area contributed by atoms with Gasteiger partial charge < -0.3 is 11.1 Å². The summed E-state index contributed by atoms with van der Waals surface area (Å²) in [5.74, 6) is 0.426. The lowest BCUT2D eigenvalue weighted by atomic mass is 9.84. The number of benzene rings is 1. The monoisotopic (exact) mass is 290 g/mol. The fourth-order valence-electron chi connectivity index (χ4n) is 2.40. The summed E-state index contributed by atoms with van der Waals surface area (Å²) >= 11 is 0. The molecule has 3 N–H and O–H groups in total. The van der Waals surface area contributed by atoms with E-state index in [1.807, 2.05) is 12.1 Å². The van der Waals surface area contributed by atoms with Crippen LogP contribution in [0.5, 0.6) is 0 Å². The summed E-state index contributed by atoms with van der Waals surface area (Å²) in [7, 11) is 0. The zero-order chi connectivity index (χ0) is 16.0. The summed E-state index contributed by atoms with van der Waals surface area (Å²) in [5.41, 5.74) is 8.01. The Balaban J connectivity index is 2.69. The van der Waals surface area contributed by atoms with E-state index in [0.717, 1.165) is 18.5 Å². The molecule has 0 saturated carbocycles. The maximum Gasteiger partial charge on any atom is 0.228 e. The van der Waals surface area contributed by atoms with Crippen LogP contribution >= 0.6 is 0 Å². The number of carbonyl (C=O) groups is 1. The van der Waals surface area contributed by atoms with Gasteiger partial charge in [0, 0.05) is 12.2 Å². The molecule has 1 rings (SSSR count). The van der Waals surface area contributed by atoms with Gasteiger partial charge >= 0.3 is 0 Å². The third-order valence-corrected chi connectivity index (χ3v) is 3.87. The minimum atomic E-state index is -0.140. The molecule has 0 radical (unpaired) electrons. The molecule has 2 atom stereocenters. The zero-order valence-electron chi connectivity index (χ0n) is 14.1. The highest BCUT2D eigenvalue weighted by molar-refractivity contribution is 5.92. The predicted molar refractivity (Wildman–Crippen MR) is 90.4 cm³/mol. The van der Waals surface area contributed by atoms with Crippen LogP contribution in [0, 0.1) is 11.3 Å². The van der Waals surface area contributed by atoms with Crippen LogP contribution in [0.15, 0.2) is 24.3 Å². The van der Waals surface area contributed by atoms with Crippen molar-refractivity contribution < 1.29 is 4.79 Å². The molecule has 0 aliphatic carbocycles. The lowest BCUT2D eigenvalue weighted by Crippen LogP contribution is -2.32. The van der Waals surface area contributed by atoms with Crippen LogP contribution in [0.2, 0.25) is 0 Å². The van der Waals surface area contributed by atoms with Gasteiger partial charge in [0.2, 0.25) is 5.91 Å². The van der Waals surface area contributed by atoms with Gasteiger partial charge in [-0.1, -0.05) is 46.8 Å². The van der Waals surface area contributed by atoms with E-state index in [-0.39, 0.29) is 17.2 Å². The third-order valence-electron chi connectivity index (χ3n) is 3.87. The second kappa shape index (κ2) is 7.60. The van der Waals surface area contributed by atoms with Crippen molar-refractivity contribution in [2.24, 2.45) is 17.1 Å². The fraction of sp³-hybridized carbons (Fsp3) is 0.611. The smallest absolute Gasteiger partial charge is 0.228 e. The first kappa shape index (κ1) is 17.7. The minimum absolute atomic E-state index is 0.0173. The normalized spacial score (nSPS) is 14.6. The van der Waals surface area contributed by atoms with E-state index in [2.05, 4.69) is 52.1 Å². The summed E-state index contributed by atoms with van der Waals surface area (Å²) in [6.45, 7) is 11.2. The first-order valence-corrected chi connectivity index (χ1v) is 7.87. The summed E-state index contributed by atoms with van der Waals surface area (Å²) in [5, 5.41) is 2.98. The van der Waals surface area contributed by atoms with Crippen LogP contribution in [-0.4, -0.2) is 12.5 Å². The van der Waals surface area contributed by atoms with E-state index in [1.54, 1.807) is 0 Å². The standard InChI is InChI=1S/C18H30N2O/c1-6-13(2)14-7-9-16(10-8-14)20-17(21)15(12-19)11-18(3,4)5/h7-10,13,15H,6,11-12,19H2,1-5H3,(H,20,21). The maximum absolute atomic E-state index is 12.3. The van der Waals surface area contributed by atoms with Crippen molar-refractivity contribution in [1.29, 1.82) is 0 Å². The Bertz CT molecular complexity index is 445. The second-order valence-electron chi connectivity index (χ2n) is 7.12. The molecule has 1 aromatic rings. The summed E-state index contributed by atoms with van der Waals surface area (Å²) in [6.07, 6.45) is 1.91. The van der Waals surface area contributed by atoms with Crippen molar-refractivity contribution in [3.05, 3.63) is 29.8 Å². The van der Waals surface area contributed by atoms with Gasteiger partial charge in [0.25, 0.3) is 0 Å². The van der Waals surface area contributed by atoms with Crippen LogP contribution in [-0.2, 0) is 4.79 Å². The van der Waals surface area contributed by atoms with Gasteiger partial charge in [0.05, 0.1) is 5.92 Å². The Morgan fingerprint density at radius 2 is 1.81 bits per heavy atom. The van der Waals surface area contributed by atoms with Gasteiger partial charge in [-0.15, -0.1) is 0 Å². The quantitative estimate of drug-likeness (QED) is 0.827. The largest absolute Gasteiger partial charge is 0.330 e. The number of nitrogens with one attached hydrogen (secondary N) is 1. The van der Waals surface area contributed by atoms with E-state index in [9.17, 15) is 4.79 Å². The molecule has 3 nitrogen and oxygen atoms in total. The lowest BCUT2D eigenvalue weighted by Gasteiger charge is -2.24. The van der Waals surface area contributed by atoms with Gasteiger partial charge in [-0.3, -0.25) is 4.79 Å². The number of nitrogens with two attached hydrogens (primary N) is 1. The van der Waals surface area contributed by atoms with E-state index in [1.165, 1.54) is 5.56 Å². The van der Waals surface area contributed by atoms with Gasteiger partial charge in [0.1, 0.15) is 0 Å². The Kier molecular flexibility index (Phi) is 6.41. The predicted octanol–water partition coefficient (Wildman–Crippen LogP) is 4.15. The molecule has 1 aromatic carbocycles. The van der Waals surface area contributed by atoms with Gasteiger partial charge in [-0.2, -0.15) is 0 Å². The average Bonchev–Trinajstić information content (AvgIpc) is 2.43. The van der Waals surface area contributed by atoms with Gasteiger partial charge in [0.15, 0.2) is 0 Å². The van der Waals surface area contributed by atoms with Crippen molar-refractivity contribution in [1.82, 2.24) is 0 Å².